The lowest BCUT2D eigenvalue weighted by molar-refractivity contribution is -0.384. The zero-order chi connectivity index (χ0) is 23.1. The molecule has 2 aromatic carbocycles. The molecule has 0 unspecified atom stereocenters. The van der Waals surface area contributed by atoms with Crippen LogP contribution >= 0.6 is 0 Å². The topological polar surface area (TPSA) is 142 Å². The van der Waals surface area contributed by atoms with E-state index in [0.717, 1.165) is 30.3 Å². The molecule has 31 heavy (non-hydrogen) atoms. The highest BCUT2D eigenvalue weighted by Crippen LogP contribution is 2.39. The number of rotatable bonds is 6. The molecule has 13 heteroatoms. The molecule has 164 valence electrons. The number of sulfonamides is 1. The van der Waals surface area contributed by atoms with Gasteiger partial charge in [0.05, 0.1) is 33.7 Å². The van der Waals surface area contributed by atoms with E-state index in [0.29, 0.717) is 0 Å². The number of aromatic nitrogens is 2. The first-order valence-corrected chi connectivity index (χ1v) is 10.1. The van der Waals surface area contributed by atoms with Crippen molar-refractivity contribution in [3.8, 4) is 16.9 Å². The van der Waals surface area contributed by atoms with E-state index in [1.54, 1.807) is 0 Å². The molecule has 0 aliphatic heterocycles. The van der Waals surface area contributed by atoms with Gasteiger partial charge in [-0.25, -0.2) is 22.3 Å². The average molecular weight is 453 g/mol. The molecule has 0 saturated carbocycles. The molecule has 0 radical (unpaired) electrons. The molecule has 0 bridgehead atoms. The van der Waals surface area contributed by atoms with Crippen molar-refractivity contribution < 1.29 is 26.9 Å². The van der Waals surface area contributed by atoms with Gasteiger partial charge in [-0.3, -0.25) is 14.8 Å². The summed E-state index contributed by atoms with van der Waals surface area (Å²) in [7, 11) is -1.44. The SMILES string of the molecule is COc1cc(F)c(-c2c(C)nn(C)c2Nc2ccc(S(N)(=O)=O)cc2[N+](=O)[O-])c(F)c1. The first-order chi connectivity index (χ1) is 14.4. The minimum absolute atomic E-state index is 0.0241. The summed E-state index contributed by atoms with van der Waals surface area (Å²) in [5.74, 6) is -1.82. The van der Waals surface area contributed by atoms with E-state index < -0.39 is 42.7 Å². The van der Waals surface area contributed by atoms with Crippen LogP contribution in [0.1, 0.15) is 5.69 Å². The normalized spacial score (nSPS) is 11.4. The molecular weight excluding hydrogens is 436 g/mol. The Hall–Kier alpha value is -3.58. The summed E-state index contributed by atoms with van der Waals surface area (Å²) in [5, 5.41) is 23.4. The van der Waals surface area contributed by atoms with Gasteiger partial charge in [0.25, 0.3) is 5.69 Å². The van der Waals surface area contributed by atoms with Crippen LogP contribution in [0.15, 0.2) is 35.2 Å². The Balaban J connectivity index is 2.19. The Bertz CT molecular complexity index is 1280. The van der Waals surface area contributed by atoms with Crippen molar-refractivity contribution in [1.29, 1.82) is 0 Å². The van der Waals surface area contributed by atoms with E-state index in [2.05, 4.69) is 10.4 Å². The molecule has 0 amide bonds. The highest BCUT2D eigenvalue weighted by Gasteiger charge is 2.26. The lowest BCUT2D eigenvalue weighted by Crippen LogP contribution is -2.13. The van der Waals surface area contributed by atoms with Crippen molar-refractivity contribution in [2.75, 3.05) is 12.4 Å². The number of halogens is 2. The number of nitrogens with two attached hydrogens (primary N) is 1. The Morgan fingerprint density at radius 1 is 1.19 bits per heavy atom. The fraction of sp³-hybridized carbons (Fsp3) is 0.167. The molecule has 3 rings (SSSR count). The summed E-state index contributed by atoms with van der Waals surface area (Å²) >= 11 is 0. The zero-order valence-electron chi connectivity index (χ0n) is 16.5. The number of nitrogens with zero attached hydrogens (tertiary/aromatic N) is 3. The minimum atomic E-state index is -4.18. The maximum atomic E-state index is 14.7. The van der Waals surface area contributed by atoms with Gasteiger partial charge in [0, 0.05) is 25.2 Å². The third-order valence-corrected chi connectivity index (χ3v) is 5.38. The second-order valence-electron chi connectivity index (χ2n) is 6.50. The third-order valence-electron chi connectivity index (χ3n) is 4.47. The predicted molar refractivity (Wildman–Crippen MR) is 108 cm³/mol. The van der Waals surface area contributed by atoms with Crippen LogP contribution in [0.5, 0.6) is 5.75 Å². The Kier molecular flexibility index (Phi) is 5.65. The quantitative estimate of drug-likeness (QED) is 0.431. The van der Waals surface area contributed by atoms with Crippen molar-refractivity contribution in [2.45, 2.75) is 11.8 Å². The van der Waals surface area contributed by atoms with Crippen molar-refractivity contribution >= 4 is 27.2 Å². The van der Waals surface area contributed by atoms with Crippen LogP contribution in [0.4, 0.5) is 26.0 Å². The number of nitro groups is 1. The van der Waals surface area contributed by atoms with Gasteiger partial charge < -0.3 is 10.1 Å². The van der Waals surface area contributed by atoms with E-state index in [9.17, 15) is 27.3 Å². The third kappa shape index (κ3) is 4.18. The molecule has 0 atom stereocenters. The largest absolute Gasteiger partial charge is 0.497 e. The molecule has 1 heterocycles. The second-order valence-corrected chi connectivity index (χ2v) is 8.07. The van der Waals surface area contributed by atoms with E-state index in [-0.39, 0.29) is 28.5 Å². The fourth-order valence-electron chi connectivity index (χ4n) is 3.08. The van der Waals surface area contributed by atoms with Crippen LogP contribution in [0.25, 0.3) is 11.1 Å². The first-order valence-electron chi connectivity index (χ1n) is 8.59. The standard InChI is InChI=1S/C18H17F2N5O5S/c1-9-16(17-12(19)6-10(30-3)7-13(17)20)18(24(2)23-9)22-14-5-4-11(31(21,28)29)8-15(14)25(26)27/h4-8,22H,1-3H3,(H2,21,28,29). The van der Waals surface area contributed by atoms with E-state index in [1.165, 1.54) is 25.8 Å². The van der Waals surface area contributed by atoms with E-state index >= 15 is 0 Å². The van der Waals surface area contributed by atoms with Crippen molar-refractivity contribution in [3.63, 3.8) is 0 Å². The number of hydrogen-bond acceptors (Lipinski definition) is 7. The number of nitro benzene ring substituents is 1. The molecule has 0 aliphatic rings. The van der Waals surface area contributed by atoms with E-state index in [1.807, 2.05) is 0 Å². The fourth-order valence-corrected chi connectivity index (χ4v) is 3.61. The smallest absolute Gasteiger partial charge is 0.294 e. The lowest BCUT2D eigenvalue weighted by Gasteiger charge is -2.13. The van der Waals surface area contributed by atoms with Gasteiger partial charge in [0.1, 0.15) is 28.9 Å². The highest BCUT2D eigenvalue weighted by molar-refractivity contribution is 7.89. The number of benzene rings is 2. The van der Waals surface area contributed by atoms with Crippen LogP contribution < -0.4 is 15.2 Å². The number of methoxy groups -OCH3 is 1. The summed E-state index contributed by atoms with van der Waals surface area (Å²) in [6.45, 7) is 1.52. The van der Waals surface area contributed by atoms with Crippen LogP contribution in [-0.4, -0.2) is 30.2 Å². The Morgan fingerprint density at radius 3 is 2.32 bits per heavy atom. The molecule has 1 aromatic heterocycles. The Morgan fingerprint density at radius 2 is 1.81 bits per heavy atom. The monoisotopic (exact) mass is 453 g/mol. The number of hydrogen-bond donors (Lipinski definition) is 2. The highest BCUT2D eigenvalue weighted by atomic mass is 32.2. The van der Waals surface area contributed by atoms with Crippen LogP contribution in [0.3, 0.4) is 0 Å². The molecule has 0 aliphatic carbocycles. The predicted octanol–water partition coefficient (Wildman–Crippen LogP) is 2.98. The molecule has 3 aromatic rings. The average Bonchev–Trinajstić information content (AvgIpc) is 2.94. The molecule has 0 fully saturated rings. The summed E-state index contributed by atoms with van der Waals surface area (Å²) in [5.41, 5.74) is -0.859. The molecule has 0 saturated heterocycles. The zero-order valence-corrected chi connectivity index (χ0v) is 17.3. The molecule has 10 nitrogen and oxygen atoms in total. The van der Waals surface area contributed by atoms with Gasteiger partial charge in [0.15, 0.2) is 0 Å². The molecule has 3 N–H and O–H groups in total. The summed E-state index contributed by atoms with van der Waals surface area (Å²) < 4.78 is 58.6. The second kappa shape index (κ2) is 7.92. The van der Waals surface area contributed by atoms with Gasteiger partial charge >= 0.3 is 0 Å². The van der Waals surface area contributed by atoms with Gasteiger partial charge in [0.2, 0.25) is 10.0 Å². The number of anilines is 2. The summed E-state index contributed by atoms with van der Waals surface area (Å²) in [6, 6.07) is 4.98. The van der Waals surface area contributed by atoms with Crippen LogP contribution in [0, 0.1) is 28.7 Å². The van der Waals surface area contributed by atoms with Crippen molar-refractivity contribution in [3.05, 3.63) is 57.8 Å². The van der Waals surface area contributed by atoms with Crippen molar-refractivity contribution in [1.82, 2.24) is 9.78 Å². The first kappa shape index (κ1) is 22.1. The molecular formula is C18H17F2N5O5S. The maximum absolute atomic E-state index is 14.7. The summed E-state index contributed by atoms with van der Waals surface area (Å²) in [4.78, 5) is 10.2. The number of ether oxygens (including phenoxy) is 1. The van der Waals surface area contributed by atoms with Gasteiger partial charge in [-0.2, -0.15) is 5.10 Å². The molecule has 0 spiro atoms. The number of primary sulfonamides is 1. The Labute approximate surface area is 175 Å². The summed E-state index contributed by atoms with van der Waals surface area (Å²) in [6.07, 6.45) is 0. The number of aryl methyl sites for hydroxylation is 2. The van der Waals surface area contributed by atoms with Crippen molar-refractivity contribution in [2.24, 2.45) is 12.2 Å². The lowest BCUT2D eigenvalue weighted by atomic mass is 10.0. The van der Waals surface area contributed by atoms with Crippen LogP contribution in [-0.2, 0) is 17.1 Å². The van der Waals surface area contributed by atoms with Gasteiger partial charge in [-0.05, 0) is 19.1 Å². The number of nitrogens with one attached hydrogen (secondary N) is 1. The van der Waals surface area contributed by atoms with E-state index in [4.69, 9.17) is 9.88 Å². The maximum Gasteiger partial charge on any atom is 0.294 e. The van der Waals surface area contributed by atoms with Gasteiger partial charge in [-0.1, -0.05) is 0 Å². The van der Waals surface area contributed by atoms with Gasteiger partial charge in [-0.15, -0.1) is 0 Å². The minimum Gasteiger partial charge on any atom is -0.497 e. The van der Waals surface area contributed by atoms with Crippen LogP contribution in [0.2, 0.25) is 0 Å².